The molecule has 5 nitrogen and oxygen atoms in total. The highest BCUT2D eigenvalue weighted by molar-refractivity contribution is 5.16. The highest BCUT2D eigenvalue weighted by Crippen LogP contribution is 2.18. The first kappa shape index (κ1) is 9.98. The van der Waals surface area contributed by atoms with Crippen LogP contribution in [-0.4, -0.2) is 23.8 Å². The lowest BCUT2D eigenvalue weighted by atomic mass is 10.2. The minimum absolute atomic E-state index is 0.0594. The Balaban J connectivity index is 2.67. The predicted molar refractivity (Wildman–Crippen MR) is 48.5 cm³/mol. The van der Waals surface area contributed by atoms with Crippen LogP contribution < -0.4 is 5.32 Å². The molecule has 0 saturated carbocycles. The molecular weight excluding hydrogens is 170 g/mol. The van der Waals surface area contributed by atoms with Crippen LogP contribution in [0, 0.1) is 0 Å². The fourth-order valence-corrected chi connectivity index (χ4v) is 1.04. The predicted octanol–water partition coefficient (Wildman–Crippen LogP) is 1.60. The number of hydrogen-bond donors (Lipinski definition) is 1. The molecule has 5 heteroatoms. The molecule has 0 spiro atoms. The van der Waals surface area contributed by atoms with Crippen molar-refractivity contribution in [3.63, 3.8) is 0 Å². The van der Waals surface area contributed by atoms with Gasteiger partial charge in [0.05, 0.1) is 0 Å². The lowest BCUT2D eigenvalue weighted by molar-refractivity contribution is 0.0518. The molecule has 74 valence electrons. The van der Waals surface area contributed by atoms with E-state index >= 15 is 0 Å². The molecule has 0 amide bonds. The van der Waals surface area contributed by atoms with Crippen LogP contribution in [0.4, 0.5) is 6.01 Å². The number of ether oxygens (including phenoxy) is 1. The van der Waals surface area contributed by atoms with Gasteiger partial charge in [-0.15, -0.1) is 0 Å². The van der Waals surface area contributed by atoms with E-state index in [9.17, 15) is 0 Å². The molecule has 0 radical (unpaired) electrons. The van der Waals surface area contributed by atoms with Gasteiger partial charge in [-0.1, -0.05) is 12.1 Å². The minimum Gasteiger partial charge on any atom is -0.370 e. The number of nitrogens with zero attached hydrogens (tertiary/aromatic N) is 2. The summed E-state index contributed by atoms with van der Waals surface area (Å²) in [6, 6.07) is 0.424. The number of rotatable bonds is 5. The van der Waals surface area contributed by atoms with Gasteiger partial charge in [0.2, 0.25) is 5.82 Å². The first-order chi connectivity index (χ1) is 6.31. The number of nitrogens with one attached hydrogen (secondary N) is 1. The molecule has 1 aromatic heterocycles. The van der Waals surface area contributed by atoms with E-state index in [1.807, 2.05) is 13.8 Å². The summed E-state index contributed by atoms with van der Waals surface area (Å²) in [5.74, 6) is 0.605. The van der Waals surface area contributed by atoms with Gasteiger partial charge in [0, 0.05) is 13.7 Å². The van der Waals surface area contributed by atoms with Crippen LogP contribution in [0.2, 0.25) is 0 Å². The Morgan fingerprint density at radius 1 is 1.54 bits per heavy atom. The van der Waals surface area contributed by atoms with E-state index in [1.54, 1.807) is 7.05 Å². The molecule has 1 heterocycles. The molecule has 0 bridgehead atoms. The monoisotopic (exact) mass is 185 g/mol. The largest absolute Gasteiger partial charge is 0.370 e. The summed E-state index contributed by atoms with van der Waals surface area (Å²) in [5.41, 5.74) is 0. The van der Waals surface area contributed by atoms with Crippen LogP contribution in [0.25, 0.3) is 0 Å². The van der Waals surface area contributed by atoms with E-state index < -0.39 is 0 Å². The molecule has 1 unspecified atom stereocenters. The maximum Gasteiger partial charge on any atom is 0.321 e. The fourth-order valence-electron chi connectivity index (χ4n) is 1.04. The summed E-state index contributed by atoms with van der Waals surface area (Å²) in [5, 5.41) is 6.58. The van der Waals surface area contributed by atoms with Crippen molar-refractivity contribution in [1.29, 1.82) is 0 Å². The molecule has 0 aliphatic heterocycles. The first-order valence-corrected chi connectivity index (χ1v) is 4.44. The van der Waals surface area contributed by atoms with Crippen LogP contribution in [0.1, 0.15) is 32.2 Å². The Kier molecular flexibility index (Phi) is 3.70. The van der Waals surface area contributed by atoms with E-state index in [2.05, 4.69) is 15.5 Å². The van der Waals surface area contributed by atoms with Gasteiger partial charge in [0.1, 0.15) is 6.10 Å². The minimum atomic E-state index is -0.0594. The molecule has 1 N–H and O–H groups in total. The normalized spacial score (nSPS) is 12.8. The Bertz CT molecular complexity index is 249. The van der Waals surface area contributed by atoms with Crippen molar-refractivity contribution in [3.05, 3.63) is 5.82 Å². The zero-order valence-electron chi connectivity index (χ0n) is 8.20. The van der Waals surface area contributed by atoms with E-state index in [1.165, 1.54) is 0 Å². The third kappa shape index (κ3) is 2.42. The van der Waals surface area contributed by atoms with Gasteiger partial charge in [-0.2, -0.15) is 4.98 Å². The van der Waals surface area contributed by atoms with Gasteiger partial charge in [0.25, 0.3) is 0 Å². The molecular formula is C8H15N3O2. The van der Waals surface area contributed by atoms with Crippen molar-refractivity contribution < 1.29 is 9.26 Å². The van der Waals surface area contributed by atoms with E-state index in [4.69, 9.17) is 9.26 Å². The maximum atomic E-state index is 5.42. The van der Waals surface area contributed by atoms with Gasteiger partial charge >= 0.3 is 6.01 Å². The Hall–Kier alpha value is -1.10. The summed E-state index contributed by atoms with van der Waals surface area (Å²) in [6.45, 7) is 4.62. The van der Waals surface area contributed by atoms with Crippen molar-refractivity contribution in [2.75, 3.05) is 19.0 Å². The zero-order valence-corrected chi connectivity index (χ0v) is 8.20. The smallest absolute Gasteiger partial charge is 0.321 e. The van der Waals surface area contributed by atoms with E-state index in [-0.39, 0.29) is 6.10 Å². The molecule has 0 fully saturated rings. The summed E-state index contributed by atoms with van der Waals surface area (Å²) >= 11 is 0. The van der Waals surface area contributed by atoms with Crippen molar-refractivity contribution >= 4 is 6.01 Å². The SMILES string of the molecule is CCOC(CC)c1noc(NC)n1. The highest BCUT2D eigenvalue weighted by Gasteiger charge is 2.15. The summed E-state index contributed by atoms with van der Waals surface area (Å²) in [4.78, 5) is 4.10. The van der Waals surface area contributed by atoms with E-state index in [0.717, 1.165) is 6.42 Å². The molecule has 0 saturated heterocycles. The fraction of sp³-hybridized carbons (Fsp3) is 0.750. The van der Waals surface area contributed by atoms with Crippen molar-refractivity contribution in [2.45, 2.75) is 26.4 Å². The summed E-state index contributed by atoms with van der Waals surface area (Å²) in [6.07, 6.45) is 0.784. The van der Waals surface area contributed by atoms with Crippen LogP contribution in [0.3, 0.4) is 0 Å². The van der Waals surface area contributed by atoms with Crippen LogP contribution in [0.5, 0.6) is 0 Å². The number of aromatic nitrogens is 2. The molecule has 13 heavy (non-hydrogen) atoms. The summed E-state index contributed by atoms with van der Waals surface area (Å²) < 4.78 is 10.3. The second kappa shape index (κ2) is 4.81. The standard InChI is InChI=1S/C8H15N3O2/c1-4-6(12-5-2)7-10-8(9-3)13-11-7/h6H,4-5H2,1-3H3,(H,9,10,11). The molecule has 0 aromatic carbocycles. The molecule has 1 atom stereocenters. The van der Waals surface area contributed by atoms with Crippen molar-refractivity contribution in [1.82, 2.24) is 10.1 Å². The zero-order chi connectivity index (χ0) is 9.68. The maximum absolute atomic E-state index is 5.42. The quantitative estimate of drug-likeness (QED) is 0.755. The number of hydrogen-bond acceptors (Lipinski definition) is 5. The van der Waals surface area contributed by atoms with E-state index in [0.29, 0.717) is 18.4 Å². The number of anilines is 1. The third-order valence-electron chi connectivity index (χ3n) is 1.68. The van der Waals surface area contributed by atoms with Crippen LogP contribution in [-0.2, 0) is 4.74 Å². The van der Waals surface area contributed by atoms with Gasteiger partial charge in [-0.3, -0.25) is 0 Å². The van der Waals surface area contributed by atoms with Gasteiger partial charge < -0.3 is 14.6 Å². The molecule has 0 aliphatic carbocycles. The second-order valence-electron chi connectivity index (χ2n) is 2.56. The topological polar surface area (TPSA) is 60.2 Å². The molecule has 1 aromatic rings. The summed E-state index contributed by atoms with van der Waals surface area (Å²) in [7, 11) is 1.74. The average molecular weight is 185 g/mol. The average Bonchev–Trinajstić information content (AvgIpc) is 2.62. The highest BCUT2D eigenvalue weighted by atomic mass is 16.5. The van der Waals surface area contributed by atoms with Crippen LogP contribution in [0.15, 0.2) is 4.52 Å². The van der Waals surface area contributed by atoms with Gasteiger partial charge in [0.15, 0.2) is 0 Å². The lowest BCUT2D eigenvalue weighted by Crippen LogP contribution is -2.04. The van der Waals surface area contributed by atoms with Crippen molar-refractivity contribution in [3.8, 4) is 0 Å². The Labute approximate surface area is 77.5 Å². The third-order valence-corrected chi connectivity index (χ3v) is 1.68. The first-order valence-electron chi connectivity index (χ1n) is 4.44. The van der Waals surface area contributed by atoms with Gasteiger partial charge in [-0.05, 0) is 13.3 Å². The molecule has 0 aliphatic rings. The second-order valence-corrected chi connectivity index (χ2v) is 2.56. The van der Waals surface area contributed by atoms with Crippen LogP contribution >= 0.6 is 0 Å². The van der Waals surface area contributed by atoms with Crippen molar-refractivity contribution in [2.24, 2.45) is 0 Å². The lowest BCUT2D eigenvalue weighted by Gasteiger charge is -2.08. The molecule has 1 rings (SSSR count). The Morgan fingerprint density at radius 2 is 2.31 bits per heavy atom. The Morgan fingerprint density at radius 3 is 2.77 bits per heavy atom. The van der Waals surface area contributed by atoms with Gasteiger partial charge in [-0.25, -0.2) is 0 Å².